The summed E-state index contributed by atoms with van der Waals surface area (Å²) in [6.45, 7) is 0.412. The zero-order valence-electron chi connectivity index (χ0n) is 23.8. The standard InChI is InChI=1S/C27H31N9O6S2/c1-43(39,40)34-13-11-21(12-14-34)31-27-28-15-19-5-10-24(38)35(26(19)32-27)16-23(37)30-20-6-8-22(9-7-20)44(41,42)36-17-29-25(33-36)18-3-2-4-18/h5-10,15,17-18,21H,2-4,11-14,16H2,1H3,(H,30,37)(H,28,31,32). The molecule has 0 bridgehead atoms. The highest BCUT2D eigenvalue weighted by molar-refractivity contribution is 7.89. The number of pyridine rings is 1. The van der Waals surface area contributed by atoms with Gasteiger partial charge in [-0.2, -0.15) is 13.4 Å². The molecule has 1 amide bonds. The van der Waals surface area contributed by atoms with E-state index < -0.39 is 31.5 Å². The first kappa shape index (κ1) is 29.8. The molecule has 1 aliphatic carbocycles. The van der Waals surface area contributed by atoms with Crippen molar-refractivity contribution in [1.29, 1.82) is 0 Å². The Labute approximate surface area is 253 Å². The van der Waals surface area contributed by atoms with E-state index in [-0.39, 0.29) is 35.0 Å². The van der Waals surface area contributed by atoms with Crippen LogP contribution in [0.2, 0.25) is 0 Å². The van der Waals surface area contributed by atoms with E-state index in [0.29, 0.717) is 42.8 Å². The lowest BCUT2D eigenvalue weighted by molar-refractivity contribution is -0.116. The topological polar surface area (TPSA) is 191 Å². The normalized spacial score (nSPS) is 16.9. The fourth-order valence-electron chi connectivity index (χ4n) is 5.20. The van der Waals surface area contributed by atoms with Crippen LogP contribution >= 0.6 is 0 Å². The number of fused-ring (bicyclic) bond motifs is 1. The minimum absolute atomic E-state index is 0.00967. The SMILES string of the molecule is CS(=O)(=O)N1CCC(Nc2ncc3ccc(=O)n(CC(=O)Nc4ccc(S(=O)(=O)n5cnc(C6CCC6)n5)cc4)c3n2)CC1. The van der Waals surface area contributed by atoms with E-state index >= 15 is 0 Å². The second kappa shape index (κ2) is 11.7. The average Bonchev–Trinajstić information content (AvgIpc) is 3.44. The first-order valence-corrected chi connectivity index (χ1v) is 17.4. The third kappa shape index (κ3) is 6.20. The Balaban J connectivity index is 1.13. The van der Waals surface area contributed by atoms with Crippen LogP contribution in [-0.4, -0.2) is 81.1 Å². The molecule has 0 radical (unpaired) electrons. The molecule has 0 atom stereocenters. The third-order valence-corrected chi connectivity index (χ3v) is 10.8. The summed E-state index contributed by atoms with van der Waals surface area (Å²) in [6.07, 6.45) is 8.05. The van der Waals surface area contributed by atoms with Crippen LogP contribution in [0, 0.1) is 0 Å². The molecule has 0 unspecified atom stereocenters. The Bertz CT molecular complexity index is 1980. The average molecular weight is 642 g/mol. The summed E-state index contributed by atoms with van der Waals surface area (Å²) in [5.74, 6) is 0.465. The van der Waals surface area contributed by atoms with Crippen LogP contribution in [0.4, 0.5) is 11.6 Å². The molecule has 4 heterocycles. The smallest absolute Gasteiger partial charge is 0.284 e. The maximum atomic E-state index is 13.0. The number of sulfonamides is 1. The molecular formula is C27H31N9O6S2. The molecule has 1 aliphatic heterocycles. The summed E-state index contributed by atoms with van der Waals surface area (Å²) in [5, 5.41) is 10.6. The molecule has 1 aromatic carbocycles. The number of hydrogen-bond donors (Lipinski definition) is 2. The third-order valence-electron chi connectivity index (χ3n) is 7.92. The number of nitrogens with zero attached hydrogens (tertiary/aromatic N) is 7. The number of amides is 1. The van der Waals surface area contributed by atoms with Crippen LogP contribution in [0.3, 0.4) is 0 Å². The highest BCUT2D eigenvalue weighted by Gasteiger charge is 2.27. The molecule has 17 heteroatoms. The minimum atomic E-state index is -3.95. The van der Waals surface area contributed by atoms with Gasteiger partial charge in [-0.1, -0.05) is 6.42 Å². The number of carbonyl (C=O) groups is 1. The molecule has 1 saturated carbocycles. The molecule has 232 valence electrons. The second-order valence-electron chi connectivity index (χ2n) is 11.0. The van der Waals surface area contributed by atoms with Gasteiger partial charge in [0.15, 0.2) is 5.82 Å². The molecule has 4 aromatic rings. The fourth-order valence-corrected chi connectivity index (χ4v) is 7.13. The first-order valence-electron chi connectivity index (χ1n) is 14.1. The first-order chi connectivity index (χ1) is 21.0. The lowest BCUT2D eigenvalue weighted by Crippen LogP contribution is -2.42. The van der Waals surface area contributed by atoms with Crippen molar-refractivity contribution in [1.82, 2.24) is 33.0 Å². The van der Waals surface area contributed by atoms with Gasteiger partial charge in [0.1, 0.15) is 18.5 Å². The van der Waals surface area contributed by atoms with Crippen molar-refractivity contribution in [3.05, 3.63) is 65.1 Å². The second-order valence-corrected chi connectivity index (χ2v) is 14.8. The quantitative estimate of drug-likeness (QED) is 0.268. The van der Waals surface area contributed by atoms with Crippen molar-refractivity contribution in [3.63, 3.8) is 0 Å². The predicted molar refractivity (Wildman–Crippen MR) is 161 cm³/mol. The molecule has 15 nitrogen and oxygen atoms in total. The highest BCUT2D eigenvalue weighted by atomic mass is 32.2. The summed E-state index contributed by atoms with van der Waals surface area (Å²) in [4.78, 5) is 38.7. The van der Waals surface area contributed by atoms with Crippen LogP contribution in [0.1, 0.15) is 43.8 Å². The van der Waals surface area contributed by atoms with Crippen molar-refractivity contribution < 1.29 is 21.6 Å². The zero-order chi connectivity index (χ0) is 31.1. The monoisotopic (exact) mass is 641 g/mol. The van der Waals surface area contributed by atoms with Gasteiger partial charge >= 0.3 is 0 Å². The predicted octanol–water partition coefficient (Wildman–Crippen LogP) is 1.36. The molecule has 1 saturated heterocycles. The van der Waals surface area contributed by atoms with E-state index in [1.807, 2.05) is 0 Å². The van der Waals surface area contributed by atoms with Crippen molar-refractivity contribution in [2.45, 2.75) is 55.5 Å². The number of anilines is 2. The highest BCUT2D eigenvalue weighted by Crippen LogP contribution is 2.34. The number of aromatic nitrogens is 6. The summed E-state index contributed by atoms with van der Waals surface area (Å²) in [5.41, 5.74) is 0.164. The van der Waals surface area contributed by atoms with Crippen LogP contribution < -0.4 is 16.2 Å². The van der Waals surface area contributed by atoms with E-state index in [1.54, 1.807) is 12.3 Å². The lowest BCUT2D eigenvalue weighted by Gasteiger charge is -2.30. The van der Waals surface area contributed by atoms with Crippen LogP contribution in [0.15, 0.2) is 58.6 Å². The Hall–Kier alpha value is -4.22. The largest absolute Gasteiger partial charge is 0.351 e. The van der Waals surface area contributed by atoms with Gasteiger partial charge in [0.2, 0.25) is 21.9 Å². The van der Waals surface area contributed by atoms with E-state index in [0.717, 1.165) is 23.3 Å². The molecule has 2 fully saturated rings. The number of rotatable bonds is 9. The van der Waals surface area contributed by atoms with Crippen LogP contribution in [0.25, 0.3) is 11.0 Å². The number of piperidine rings is 1. The van der Waals surface area contributed by atoms with Gasteiger partial charge in [-0.15, -0.1) is 9.19 Å². The van der Waals surface area contributed by atoms with Gasteiger partial charge in [-0.25, -0.2) is 22.7 Å². The van der Waals surface area contributed by atoms with Gasteiger partial charge in [0.25, 0.3) is 15.6 Å². The van der Waals surface area contributed by atoms with Gasteiger partial charge in [0.05, 0.1) is 11.2 Å². The van der Waals surface area contributed by atoms with Gasteiger partial charge < -0.3 is 10.6 Å². The number of benzene rings is 1. The van der Waals surface area contributed by atoms with E-state index in [9.17, 15) is 26.4 Å². The van der Waals surface area contributed by atoms with E-state index in [4.69, 9.17) is 0 Å². The molecule has 0 spiro atoms. The van der Waals surface area contributed by atoms with Crippen molar-refractivity contribution in [2.24, 2.45) is 0 Å². The molecule has 2 aliphatic rings. The number of carbonyl (C=O) groups excluding carboxylic acids is 1. The van der Waals surface area contributed by atoms with Gasteiger partial charge in [-0.3, -0.25) is 14.2 Å². The maximum Gasteiger partial charge on any atom is 0.284 e. The van der Waals surface area contributed by atoms with Gasteiger partial charge in [-0.05, 0) is 56.0 Å². The Morgan fingerprint density at radius 3 is 2.36 bits per heavy atom. The lowest BCUT2D eigenvalue weighted by atomic mass is 9.85. The Kier molecular flexibility index (Phi) is 7.93. The molecule has 44 heavy (non-hydrogen) atoms. The fraction of sp³-hybridized carbons (Fsp3) is 0.407. The van der Waals surface area contributed by atoms with Crippen molar-refractivity contribution in [3.8, 4) is 0 Å². The summed E-state index contributed by atoms with van der Waals surface area (Å²) in [7, 11) is -7.20. The van der Waals surface area contributed by atoms with Crippen molar-refractivity contribution in [2.75, 3.05) is 30.0 Å². The molecular weight excluding hydrogens is 610 g/mol. The van der Waals surface area contributed by atoms with E-state index in [2.05, 4.69) is 30.7 Å². The zero-order valence-corrected chi connectivity index (χ0v) is 25.5. The molecule has 6 rings (SSSR count). The molecule has 2 N–H and O–H groups in total. The van der Waals surface area contributed by atoms with E-state index in [1.165, 1.54) is 51.8 Å². The maximum absolute atomic E-state index is 13.0. The number of hydrogen-bond acceptors (Lipinski definition) is 11. The summed E-state index contributed by atoms with van der Waals surface area (Å²) in [6, 6.07) is 8.49. The summed E-state index contributed by atoms with van der Waals surface area (Å²) >= 11 is 0. The number of nitrogens with one attached hydrogen (secondary N) is 2. The summed E-state index contributed by atoms with van der Waals surface area (Å²) < 4.78 is 53.1. The Morgan fingerprint density at radius 1 is 0.977 bits per heavy atom. The van der Waals surface area contributed by atoms with Crippen LogP contribution in [0.5, 0.6) is 0 Å². The minimum Gasteiger partial charge on any atom is -0.351 e. The van der Waals surface area contributed by atoms with Crippen LogP contribution in [-0.2, 0) is 31.4 Å². The van der Waals surface area contributed by atoms with Crippen molar-refractivity contribution >= 4 is 48.6 Å². The molecule has 3 aromatic heterocycles. The Morgan fingerprint density at radius 2 is 1.70 bits per heavy atom. The van der Waals surface area contributed by atoms with Gasteiger partial charge in [0, 0.05) is 48.4 Å².